The second-order valence-corrected chi connectivity index (χ2v) is 13.4. The van der Waals surface area contributed by atoms with E-state index in [1.165, 1.54) is 21.3 Å². The van der Waals surface area contributed by atoms with Crippen LogP contribution in [0.4, 0.5) is 13.2 Å². The van der Waals surface area contributed by atoms with Crippen molar-refractivity contribution < 1.29 is 55.9 Å². The number of benzene rings is 3. The minimum Gasteiger partial charge on any atom is -0.497 e. The second kappa shape index (κ2) is 18.3. The van der Waals surface area contributed by atoms with Crippen LogP contribution in [0.2, 0.25) is 0 Å². The normalized spacial score (nSPS) is 20.7. The van der Waals surface area contributed by atoms with E-state index in [0.717, 1.165) is 5.56 Å². The molecular formula is C34H36Cl3F3N2O9. The van der Waals surface area contributed by atoms with Gasteiger partial charge in [-0.25, -0.2) is 0 Å². The van der Waals surface area contributed by atoms with Gasteiger partial charge < -0.3 is 43.2 Å². The van der Waals surface area contributed by atoms with Crippen molar-refractivity contribution in [2.75, 3.05) is 27.9 Å². The molecule has 11 nitrogen and oxygen atoms in total. The summed E-state index contributed by atoms with van der Waals surface area (Å²) in [5, 5.41) is 10.1. The molecule has 1 aliphatic heterocycles. The summed E-state index contributed by atoms with van der Waals surface area (Å²) >= 11 is 17.6. The molecule has 5 atom stereocenters. The van der Waals surface area contributed by atoms with Gasteiger partial charge in [0.05, 0.1) is 47.8 Å². The summed E-state index contributed by atoms with van der Waals surface area (Å²) in [7, 11) is 4.55. The van der Waals surface area contributed by atoms with E-state index in [4.69, 9.17) is 78.1 Å². The molecule has 3 aromatic rings. The Labute approximate surface area is 307 Å². The van der Waals surface area contributed by atoms with Crippen LogP contribution < -0.4 is 19.5 Å². The van der Waals surface area contributed by atoms with Gasteiger partial charge >= 0.3 is 12.1 Å². The number of nitrogens with one attached hydrogen (secondary N) is 2. The van der Waals surface area contributed by atoms with Crippen LogP contribution in [0.1, 0.15) is 16.7 Å². The summed E-state index contributed by atoms with van der Waals surface area (Å²) < 4.78 is 84.4. The molecule has 1 aliphatic rings. The van der Waals surface area contributed by atoms with Crippen molar-refractivity contribution in [1.29, 1.82) is 5.41 Å². The highest BCUT2D eigenvalue weighted by Crippen LogP contribution is 2.34. The Hall–Kier alpha value is -3.50. The molecule has 0 bridgehead atoms. The lowest BCUT2D eigenvalue weighted by Gasteiger charge is -2.46. The first-order valence-electron chi connectivity index (χ1n) is 15.3. The topological polar surface area (TPSA) is 127 Å². The van der Waals surface area contributed by atoms with Crippen LogP contribution in [0.3, 0.4) is 0 Å². The van der Waals surface area contributed by atoms with Gasteiger partial charge in [-0.15, -0.1) is 0 Å². The number of amides is 1. The number of hydrogen-bond donors (Lipinski definition) is 2. The summed E-state index contributed by atoms with van der Waals surface area (Å²) in [6, 6.07) is 19.0. The summed E-state index contributed by atoms with van der Waals surface area (Å²) in [5.74, 6) is -1.51. The van der Waals surface area contributed by atoms with Crippen molar-refractivity contribution >= 4 is 46.6 Å². The van der Waals surface area contributed by atoms with Gasteiger partial charge in [-0.2, -0.15) is 13.2 Å². The molecule has 1 fully saturated rings. The molecule has 3 aromatic carbocycles. The fourth-order valence-electron chi connectivity index (χ4n) is 4.95. The number of carbonyl (C=O) groups excluding carboxylic acids is 1. The fraction of sp³-hybridized carbons (Fsp3) is 0.412. The van der Waals surface area contributed by atoms with Crippen LogP contribution in [0.5, 0.6) is 17.2 Å². The van der Waals surface area contributed by atoms with Gasteiger partial charge in [-0.1, -0.05) is 71.2 Å². The van der Waals surface area contributed by atoms with E-state index in [2.05, 4.69) is 0 Å². The van der Waals surface area contributed by atoms with E-state index in [9.17, 15) is 18.0 Å². The quantitative estimate of drug-likeness (QED) is 0.101. The monoisotopic (exact) mass is 778 g/mol. The highest BCUT2D eigenvalue weighted by molar-refractivity contribution is 6.76. The largest absolute Gasteiger partial charge is 0.497 e. The van der Waals surface area contributed by atoms with Gasteiger partial charge in [-0.05, 0) is 53.1 Å². The molecule has 4 rings (SSSR count). The maximum absolute atomic E-state index is 13.7. The standard InChI is InChI=1S/C34H36Cl3F3N2O9/c1-44-23-10-4-20(5-11-23)16-47-19-26-28(48-17-21-6-12-24(45-2)13-7-21)29(49-18-22-8-14-25(46-3)15-9-22)27(42-32(43)34(38,39)40)30(50-26)51-31(41)33(35,36)37/h4-15,26-30,41H,16-19H2,1-3H3,(H,42,43)/t26?,27?,28-,29-,30?/m0/s1. The van der Waals surface area contributed by atoms with Crippen LogP contribution in [-0.2, 0) is 48.3 Å². The van der Waals surface area contributed by atoms with Gasteiger partial charge in [-0.3, -0.25) is 10.2 Å². The van der Waals surface area contributed by atoms with Crippen LogP contribution in [-0.4, -0.2) is 80.4 Å². The predicted octanol–water partition coefficient (Wildman–Crippen LogP) is 6.54. The molecule has 0 aliphatic carbocycles. The smallest absolute Gasteiger partial charge is 0.471 e. The van der Waals surface area contributed by atoms with Crippen LogP contribution >= 0.6 is 34.8 Å². The second-order valence-electron chi connectivity index (χ2n) is 11.1. The maximum atomic E-state index is 13.7. The lowest BCUT2D eigenvalue weighted by atomic mass is 9.95. The Bertz CT molecular complexity index is 1560. The fourth-order valence-corrected chi connectivity index (χ4v) is 5.08. The minimum absolute atomic E-state index is 0.0647. The van der Waals surface area contributed by atoms with Crippen molar-refractivity contribution in [3.8, 4) is 17.2 Å². The first-order valence-corrected chi connectivity index (χ1v) is 16.4. The molecule has 17 heteroatoms. The SMILES string of the molecule is COc1ccc(COCC2OC(OC(=N)C(Cl)(Cl)Cl)C(NC(=O)C(F)(F)F)[C@H](OCc3ccc(OC)cc3)[C@H]2OCc2ccc(OC)cc2)cc1. The Morgan fingerprint density at radius 3 is 1.59 bits per heavy atom. The number of hydrogen-bond acceptors (Lipinski definition) is 10. The zero-order valence-electron chi connectivity index (χ0n) is 27.6. The van der Waals surface area contributed by atoms with Crippen LogP contribution in [0.15, 0.2) is 72.8 Å². The van der Waals surface area contributed by atoms with Gasteiger partial charge in [0.1, 0.15) is 41.6 Å². The minimum atomic E-state index is -5.31. The lowest BCUT2D eigenvalue weighted by Crippen LogP contribution is -2.67. The Balaban J connectivity index is 1.71. The highest BCUT2D eigenvalue weighted by atomic mass is 35.6. The third-order valence-corrected chi connectivity index (χ3v) is 8.12. The average Bonchev–Trinajstić information content (AvgIpc) is 3.11. The van der Waals surface area contributed by atoms with Gasteiger partial charge in [0.15, 0.2) is 0 Å². The number of halogens is 6. The van der Waals surface area contributed by atoms with Crippen molar-refractivity contribution in [3.63, 3.8) is 0 Å². The molecule has 0 radical (unpaired) electrons. The van der Waals surface area contributed by atoms with E-state index < -0.39 is 52.4 Å². The molecule has 0 aromatic heterocycles. The highest BCUT2D eigenvalue weighted by Gasteiger charge is 2.53. The Kier molecular flexibility index (Phi) is 14.5. The number of rotatable bonds is 15. The van der Waals surface area contributed by atoms with Crippen LogP contribution in [0, 0.1) is 5.41 Å². The first kappa shape index (κ1) is 40.3. The molecule has 278 valence electrons. The Morgan fingerprint density at radius 2 is 1.18 bits per heavy atom. The first-order chi connectivity index (χ1) is 24.2. The number of ether oxygens (including phenoxy) is 8. The zero-order valence-corrected chi connectivity index (χ0v) is 29.9. The molecule has 0 saturated carbocycles. The van der Waals surface area contributed by atoms with Gasteiger partial charge in [0.25, 0.3) is 3.79 Å². The number of carbonyl (C=O) groups is 1. The maximum Gasteiger partial charge on any atom is 0.471 e. The molecule has 1 saturated heterocycles. The van der Waals surface area contributed by atoms with Crippen molar-refractivity contribution in [2.45, 2.75) is 60.4 Å². The third kappa shape index (κ3) is 11.8. The molecule has 1 amide bonds. The van der Waals surface area contributed by atoms with Crippen molar-refractivity contribution in [3.05, 3.63) is 89.5 Å². The molecule has 51 heavy (non-hydrogen) atoms. The van der Waals surface area contributed by atoms with E-state index in [-0.39, 0.29) is 26.4 Å². The number of methoxy groups -OCH3 is 3. The molecule has 0 spiro atoms. The zero-order chi connectivity index (χ0) is 37.2. The Morgan fingerprint density at radius 1 is 0.745 bits per heavy atom. The predicted molar refractivity (Wildman–Crippen MR) is 182 cm³/mol. The van der Waals surface area contributed by atoms with E-state index in [0.29, 0.717) is 28.4 Å². The van der Waals surface area contributed by atoms with Crippen molar-refractivity contribution in [2.24, 2.45) is 0 Å². The van der Waals surface area contributed by atoms with E-state index >= 15 is 0 Å². The molecule has 2 N–H and O–H groups in total. The van der Waals surface area contributed by atoms with E-state index in [1.807, 2.05) is 5.32 Å². The summed E-state index contributed by atoms with van der Waals surface area (Å²) in [6.07, 6.45) is -10.9. The van der Waals surface area contributed by atoms with Crippen LogP contribution in [0.25, 0.3) is 0 Å². The van der Waals surface area contributed by atoms with Gasteiger partial charge in [0, 0.05) is 0 Å². The van der Waals surface area contributed by atoms with Crippen molar-refractivity contribution in [1.82, 2.24) is 5.32 Å². The summed E-state index contributed by atoms with van der Waals surface area (Å²) in [5.41, 5.74) is 2.06. The summed E-state index contributed by atoms with van der Waals surface area (Å²) in [4.78, 5) is 12.4. The van der Waals surface area contributed by atoms with Gasteiger partial charge in [0.2, 0.25) is 12.2 Å². The summed E-state index contributed by atoms with van der Waals surface area (Å²) in [6.45, 7) is -0.340. The molecular weight excluding hydrogens is 744 g/mol. The van der Waals surface area contributed by atoms with E-state index in [1.54, 1.807) is 72.8 Å². The number of alkyl halides is 6. The lowest BCUT2D eigenvalue weighted by molar-refractivity contribution is -0.275. The molecule has 1 heterocycles. The molecule has 3 unspecified atom stereocenters. The third-order valence-electron chi connectivity index (χ3n) is 7.61. The average molecular weight is 780 g/mol.